The molecule has 27 heavy (non-hydrogen) atoms. The molecule has 140 valence electrons. The van der Waals surface area contributed by atoms with Crippen LogP contribution in [-0.2, 0) is 0 Å². The first-order valence-corrected chi connectivity index (χ1v) is 9.63. The zero-order chi connectivity index (χ0) is 19.6. The molecule has 1 heterocycles. The van der Waals surface area contributed by atoms with Crippen LogP contribution in [0.25, 0.3) is 10.8 Å². The van der Waals surface area contributed by atoms with Gasteiger partial charge in [-0.25, -0.2) is 9.78 Å². The zero-order valence-corrected chi connectivity index (χ0v) is 16.4. The smallest absolute Gasteiger partial charge is 0.412 e. The number of hydrogen-bond donors (Lipinski definition) is 1. The van der Waals surface area contributed by atoms with Gasteiger partial charge in [0.25, 0.3) is 0 Å². The lowest BCUT2D eigenvalue weighted by molar-refractivity contribution is 0.196. The monoisotopic (exact) mass is 383 g/mol. The van der Waals surface area contributed by atoms with Crippen molar-refractivity contribution in [2.75, 3.05) is 11.2 Å². The van der Waals surface area contributed by atoms with Crippen LogP contribution in [0.1, 0.15) is 20.8 Å². The number of hydrogen-bond acceptors (Lipinski definition) is 5. The molecule has 0 aliphatic carbocycles. The standard InChI is InChI=1S/C20H21N3O3S/c1-20(2,3)23(19(24)25)15-9-10-16(14-8-6-5-7-13(14)15)26-17-11-12-21-18(22-17)27-4/h5-12H,1-4H3,(H,24,25). The second-order valence-electron chi connectivity index (χ2n) is 6.90. The molecule has 0 spiro atoms. The highest BCUT2D eigenvalue weighted by Crippen LogP contribution is 2.38. The number of benzene rings is 2. The van der Waals surface area contributed by atoms with Crippen LogP contribution in [0.15, 0.2) is 53.8 Å². The van der Waals surface area contributed by atoms with Crippen LogP contribution in [0.4, 0.5) is 10.5 Å². The van der Waals surface area contributed by atoms with Crippen molar-refractivity contribution in [3.63, 3.8) is 0 Å². The van der Waals surface area contributed by atoms with Crippen molar-refractivity contribution in [3.05, 3.63) is 48.7 Å². The summed E-state index contributed by atoms with van der Waals surface area (Å²) in [5, 5.41) is 12.0. The molecule has 0 saturated heterocycles. The first-order valence-electron chi connectivity index (χ1n) is 8.41. The molecule has 3 rings (SSSR count). The van der Waals surface area contributed by atoms with Crippen LogP contribution in [0.5, 0.6) is 11.6 Å². The summed E-state index contributed by atoms with van der Waals surface area (Å²) in [5.41, 5.74) is 0.0297. The molecule has 1 N–H and O–H groups in total. The highest BCUT2D eigenvalue weighted by molar-refractivity contribution is 7.98. The highest BCUT2D eigenvalue weighted by atomic mass is 32.2. The second-order valence-corrected chi connectivity index (χ2v) is 7.67. The second kappa shape index (κ2) is 7.44. The summed E-state index contributed by atoms with van der Waals surface area (Å²) in [6.45, 7) is 5.60. The minimum Gasteiger partial charge on any atom is -0.465 e. The van der Waals surface area contributed by atoms with Crippen molar-refractivity contribution in [1.82, 2.24) is 9.97 Å². The Hall–Kier alpha value is -2.80. The Morgan fingerprint density at radius 3 is 2.44 bits per heavy atom. The molecule has 0 atom stereocenters. The molecule has 0 aliphatic rings. The predicted octanol–water partition coefficient (Wildman–Crippen LogP) is 5.43. The molecule has 2 aromatic carbocycles. The number of anilines is 1. The molecule has 0 unspecified atom stereocenters. The Morgan fingerprint density at radius 1 is 1.11 bits per heavy atom. The number of carboxylic acid groups (broad SMARTS) is 1. The molecular weight excluding hydrogens is 362 g/mol. The van der Waals surface area contributed by atoms with Crippen LogP contribution < -0.4 is 9.64 Å². The molecule has 0 fully saturated rings. The number of rotatable bonds is 4. The summed E-state index contributed by atoms with van der Waals surface area (Å²) in [6, 6.07) is 12.8. The first-order chi connectivity index (χ1) is 12.8. The fourth-order valence-electron chi connectivity index (χ4n) is 2.88. The number of fused-ring (bicyclic) bond motifs is 1. The van der Waals surface area contributed by atoms with E-state index in [2.05, 4.69) is 9.97 Å². The molecule has 1 aromatic heterocycles. The predicted molar refractivity (Wildman–Crippen MR) is 108 cm³/mol. The van der Waals surface area contributed by atoms with E-state index in [9.17, 15) is 9.90 Å². The van der Waals surface area contributed by atoms with Crippen molar-refractivity contribution in [1.29, 1.82) is 0 Å². The third-order valence-electron chi connectivity index (χ3n) is 3.97. The number of amides is 1. The van der Waals surface area contributed by atoms with E-state index < -0.39 is 11.6 Å². The summed E-state index contributed by atoms with van der Waals surface area (Å²) >= 11 is 1.44. The Labute approximate surface area is 162 Å². The van der Waals surface area contributed by atoms with E-state index in [0.29, 0.717) is 22.5 Å². The lowest BCUT2D eigenvalue weighted by Crippen LogP contribution is -2.45. The fourth-order valence-corrected chi connectivity index (χ4v) is 3.23. The van der Waals surface area contributed by atoms with E-state index in [1.165, 1.54) is 16.7 Å². The van der Waals surface area contributed by atoms with Crippen molar-refractivity contribution in [3.8, 4) is 11.6 Å². The summed E-state index contributed by atoms with van der Waals surface area (Å²) in [4.78, 5) is 21.8. The van der Waals surface area contributed by atoms with E-state index in [4.69, 9.17) is 4.74 Å². The maximum Gasteiger partial charge on any atom is 0.412 e. The minimum atomic E-state index is -0.998. The van der Waals surface area contributed by atoms with Gasteiger partial charge in [0.2, 0.25) is 5.88 Å². The largest absolute Gasteiger partial charge is 0.465 e. The summed E-state index contributed by atoms with van der Waals surface area (Å²) < 4.78 is 5.98. The molecule has 1 amide bonds. The molecule has 3 aromatic rings. The lowest BCUT2D eigenvalue weighted by atomic mass is 10.0. The molecule has 6 nitrogen and oxygen atoms in total. The summed E-state index contributed by atoms with van der Waals surface area (Å²) in [7, 11) is 0. The van der Waals surface area contributed by atoms with E-state index in [1.807, 2.05) is 51.3 Å². The molecule has 0 bridgehead atoms. The van der Waals surface area contributed by atoms with Gasteiger partial charge in [0, 0.05) is 28.6 Å². The number of ether oxygens (including phenoxy) is 1. The molecule has 0 saturated carbocycles. The van der Waals surface area contributed by atoms with Gasteiger partial charge in [-0.1, -0.05) is 36.0 Å². The molecule has 0 radical (unpaired) electrons. The highest BCUT2D eigenvalue weighted by Gasteiger charge is 2.29. The van der Waals surface area contributed by atoms with Gasteiger partial charge in [0.1, 0.15) is 5.75 Å². The summed E-state index contributed by atoms with van der Waals surface area (Å²) in [5.74, 6) is 1.05. The zero-order valence-electron chi connectivity index (χ0n) is 15.6. The van der Waals surface area contributed by atoms with Gasteiger partial charge in [-0.2, -0.15) is 4.98 Å². The Bertz CT molecular complexity index is 986. The van der Waals surface area contributed by atoms with Gasteiger partial charge in [-0.15, -0.1) is 0 Å². The van der Waals surface area contributed by atoms with Gasteiger partial charge in [-0.3, -0.25) is 4.90 Å². The molecular formula is C20H21N3O3S. The van der Waals surface area contributed by atoms with Crippen molar-refractivity contribution < 1.29 is 14.6 Å². The van der Waals surface area contributed by atoms with E-state index >= 15 is 0 Å². The number of nitrogens with zero attached hydrogens (tertiary/aromatic N) is 3. The number of aromatic nitrogens is 2. The number of thioether (sulfide) groups is 1. The van der Waals surface area contributed by atoms with Gasteiger partial charge in [-0.05, 0) is 39.2 Å². The lowest BCUT2D eigenvalue weighted by Gasteiger charge is -2.34. The number of carbonyl (C=O) groups is 1. The average Bonchev–Trinajstić information content (AvgIpc) is 2.62. The summed E-state index contributed by atoms with van der Waals surface area (Å²) in [6.07, 6.45) is 2.55. The van der Waals surface area contributed by atoms with Gasteiger partial charge in [0.15, 0.2) is 5.16 Å². The van der Waals surface area contributed by atoms with Crippen LogP contribution in [-0.4, -0.2) is 33.0 Å². The maximum atomic E-state index is 11.9. The third-order valence-corrected chi connectivity index (χ3v) is 4.53. The molecule has 7 heteroatoms. The van der Waals surface area contributed by atoms with E-state index in [-0.39, 0.29) is 0 Å². The average molecular weight is 383 g/mol. The van der Waals surface area contributed by atoms with Crippen LogP contribution >= 0.6 is 11.8 Å². The van der Waals surface area contributed by atoms with Crippen molar-refractivity contribution in [2.45, 2.75) is 31.5 Å². The Kier molecular flexibility index (Phi) is 5.23. The topological polar surface area (TPSA) is 75.5 Å². The van der Waals surface area contributed by atoms with Gasteiger partial charge >= 0.3 is 6.09 Å². The first kappa shape index (κ1) is 19.0. The van der Waals surface area contributed by atoms with E-state index in [1.54, 1.807) is 24.4 Å². The Morgan fingerprint density at radius 2 is 1.81 bits per heavy atom. The quantitative estimate of drug-likeness (QED) is 0.478. The van der Waals surface area contributed by atoms with Crippen LogP contribution in [0.3, 0.4) is 0 Å². The Balaban J connectivity index is 2.11. The van der Waals surface area contributed by atoms with Crippen molar-refractivity contribution >= 4 is 34.3 Å². The van der Waals surface area contributed by atoms with Crippen LogP contribution in [0.2, 0.25) is 0 Å². The third kappa shape index (κ3) is 3.98. The van der Waals surface area contributed by atoms with Crippen molar-refractivity contribution in [2.24, 2.45) is 0 Å². The fraction of sp³-hybridized carbons (Fsp3) is 0.250. The normalized spacial score (nSPS) is 11.4. The van der Waals surface area contributed by atoms with Gasteiger partial charge < -0.3 is 9.84 Å². The molecule has 0 aliphatic heterocycles. The maximum absolute atomic E-state index is 11.9. The SMILES string of the molecule is CSc1nccc(Oc2ccc(N(C(=O)O)C(C)(C)C)c3ccccc23)n1. The van der Waals surface area contributed by atoms with Gasteiger partial charge in [0.05, 0.1) is 5.69 Å². The van der Waals surface area contributed by atoms with E-state index in [0.717, 1.165) is 10.8 Å². The van der Waals surface area contributed by atoms with Crippen LogP contribution in [0, 0.1) is 0 Å². The minimum absolute atomic E-state index is 0.443.